The van der Waals surface area contributed by atoms with Gasteiger partial charge in [0, 0.05) is 11.1 Å². The summed E-state index contributed by atoms with van der Waals surface area (Å²) in [6.07, 6.45) is 0. The number of halogens is 1. The molecular weight excluding hydrogens is 156 g/mol. The Bertz CT molecular complexity index is 225. The number of rotatable bonds is 0. The zero-order valence-electron chi connectivity index (χ0n) is 4.50. The van der Waals surface area contributed by atoms with Crippen LogP contribution >= 0.6 is 23.7 Å². The molecular formula is C5H5ClN2S. The zero-order valence-corrected chi connectivity index (χ0v) is 6.13. The Morgan fingerprint density at radius 3 is 2.56 bits per heavy atom. The fourth-order valence-electron chi connectivity index (χ4n) is 0.410. The van der Waals surface area contributed by atoms with Crippen molar-refractivity contribution in [2.24, 2.45) is 0 Å². The third-order valence-corrected chi connectivity index (χ3v) is 1.58. The molecule has 0 aliphatic carbocycles. The van der Waals surface area contributed by atoms with Gasteiger partial charge in [0.05, 0.1) is 0 Å². The molecule has 2 nitrogen and oxygen atoms in total. The summed E-state index contributed by atoms with van der Waals surface area (Å²) < 4.78 is 0. The predicted molar refractivity (Wildman–Crippen MR) is 40.7 cm³/mol. The Morgan fingerprint density at radius 1 is 1.67 bits per heavy atom. The summed E-state index contributed by atoms with van der Waals surface area (Å²) in [7, 11) is 0. The standard InChI is InChI=1S/C5H4N2S.ClH/c6-2-5-1-4(7)3-8-5;/h1,3H,7H2;1H. The largest absolute Gasteiger partial charge is 0.398 e. The molecule has 0 atom stereocenters. The first-order valence-electron chi connectivity index (χ1n) is 2.07. The molecule has 0 aliphatic rings. The summed E-state index contributed by atoms with van der Waals surface area (Å²) in [6.45, 7) is 0. The van der Waals surface area contributed by atoms with Crippen LogP contribution in [-0.2, 0) is 0 Å². The van der Waals surface area contributed by atoms with Crippen molar-refractivity contribution in [3.05, 3.63) is 16.3 Å². The maximum absolute atomic E-state index is 8.26. The quantitative estimate of drug-likeness (QED) is 0.627. The molecule has 0 amide bonds. The van der Waals surface area contributed by atoms with Crippen molar-refractivity contribution in [1.82, 2.24) is 0 Å². The minimum atomic E-state index is 0. The van der Waals surface area contributed by atoms with Crippen molar-refractivity contribution in [3.63, 3.8) is 0 Å². The van der Waals surface area contributed by atoms with E-state index in [1.54, 1.807) is 11.4 Å². The van der Waals surface area contributed by atoms with Crippen molar-refractivity contribution in [2.45, 2.75) is 0 Å². The normalized spacial score (nSPS) is 7.44. The van der Waals surface area contributed by atoms with Crippen molar-refractivity contribution in [2.75, 3.05) is 5.73 Å². The molecule has 0 bridgehead atoms. The molecule has 0 aromatic carbocycles. The first kappa shape index (κ1) is 8.28. The van der Waals surface area contributed by atoms with Gasteiger partial charge in [-0.3, -0.25) is 0 Å². The average Bonchev–Trinajstić information content (AvgIpc) is 2.14. The van der Waals surface area contributed by atoms with Crippen LogP contribution in [0.25, 0.3) is 0 Å². The molecule has 0 spiro atoms. The highest BCUT2D eigenvalue weighted by Gasteiger charge is 1.90. The van der Waals surface area contributed by atoms with E-state index in [1.165, 1.54) is 11.3 Å². The summed E-state index contributed by atoms with van der Waals surface area (Å²) in [5.41, 5.74) is 5.99. The van der Waals surface area contributed by atoms with Gasteiger partial charge in [-0.15, -0.1) is 23.7 Å². The SMILES string of the molecule is Cl.N#Cc1cc(N)cs1. The predicted octanol–water partition coefficient (Wildman–Crippen LogP) is 1.62. The van der Waals surface area contributed by atoms with Gasteiger partial charge >= 0.3 is 0 Å². The molecule has 0 unspecified atom stereocenters. The molecule has 1 aromatic heterocycles. The molecule has 1 rings (SSSR count). The number of nitrogen functional groups attached to an aromatic ring is 1. The molecule has 0 saturated carbocycles. The molecule has 1 aromatic rings. The van der Waals surface area contributed by atoms with Gasteiger partial charge in [0.1, 0.15) is 10.9 Å². The lowest BCUT2D eigenvalue weighted by atomic mass is 10.5. The van der Waals surface area contributed by atoms with Crippen LogP contribution < -0.4 is 5.73 Å². The first-order valence-corrected chi connectivity index (χ1v) is 2.95. The fraction of sp³-hybridized carbons (Fsp3) is 0. The van der Waals surface area contributed by atoms with Gasteiger partial charge in [0.2, 0.25) is 0 Å². The number of thiophene rings is 1. The van der Waals surface area contributed by atoms with Crippen LogP contribution in [0, 0.1) is 11.3 Å². The Kier molecular flexibility index (Phi) is 3.07. The maximum Gasteiger partial charge on any atom is 0.110 e. The van der Waals surface area contributed by atoms with Crippen molar-refractivity contribution < 1.29 is 0 Å². The van der Waals surface area contributed by atoms with Crippen LogP contribution in [0.5, 0.6) is 0 Å². The highest BCUT2D eigenvalue weighted by Crippen LogP contribution is 2.13. The molecule has 4 heteroatoms. The number of nitriles is 1. The molecule has 0 saturated heterocycles. The Labute approximate surface area is 63.3 Å². The summed E-state index contributed by atoms with van der Waals surface area (Å²) in [6, 6.07) is 3.64. The van der Waals surface area contributed by atoms with Crippen LogP contribution in [0.4, 0.5) is 5.69 Å². The minimum Gasteiger partial charge on any atom is -0.398 e. The second-order valence-corrected chi connectivity index (χ2v) is 2.27. The van der Waals surface area contributed by atoms with E-state index in [1.807, 2.05) is 6.07 Å². The van der Waals surface area contributed by atoms with Crippen LogP contribution in [0.2, 0.25) is 0 Å². The topological polar surface area (TPSA) is 49.8 Å². The number of nitrogens with two attached hydrogens (primary N) is 1. The molecule has 0 fully saturated rings. The second-order valence-electron chi connectivity index (χ2n) is 1.36. The van der Waals surface area contributed by atoms with Gasteiger partial charge < -0.3 is 5.73 Å². The monoisotopic (exact) mass is 160 g/mol. The first-order chi connectivity index (χ1) is 3.83. The lowest BCUT2D eigenvalue weighted by Gasteiger charge is -1.70. The molecule has 2 N–H and O–H groups in total. The lowest BCUT2D eigenvalue weighted by Crippen LogP contribution is -1.75. The van der Waals surface area contributed by atoms with Crippen LogP contribution in [-0.4, -0.2) is 0 Å². The van der Waals surface area contributed by atoms with Gasteiger partial charge in [-0.1, -0.05) is 0 Å². The van der Waals surface area contributed by atoms with Gasteiger partial charge in [-0.05, 0) is 6.07 Å². The van der Waals surface area contributed by atoms with E-state index in [4.69, 9.17) is 11.0 Å². The van der Waals surface area contributed by atoms with Gasteiger partial charge in [0.15, 0.2) is 0 Å². The van der Waals surface area contributed by atoms with Crippen molar-refractivity contribution in [3.8, 4) is 6.07 Å². The Morgan fingerprint density at radius 2 is 2.33 bits per heavy atom. The van der Waals surface area contributed by atoms with Crippen LogP contribution in [0.1, 0.15) is 4.88 Å². The number of hydrogen-bond donors (Lipinski definition) is 1. The third kappa shape index (κ3) is 1.92. The summed E-state index contributed by atoms with van der Waals surface area (Å²) in [5.74, 6) is 0. The number of anilines is 1. The molecule has 0 radical (unpaired) electrons. The number of hydrogen-bond acceptors (Lipinski definition) is 3. The van der Waals surface area contributed by atoms with Gasteiger partial charge in [-0.2, -0.15) is 5.26 Å². The highest BCUT2D eigenvalue weighted by atomic mass is 35.5. The summed E-state index contributed by atoms with van der Waals surface area (Å²) in [5, 5.41) is 10.0. The molecule has 48 valence electrons. The van der Waals surface area contributed by atoms with E-state index >= 15 is 0 Å². The van der Waals surface area contributed by atoms with E-state index in [9.17, 15) is 0 Å². The summed E-state index contributed by atoms with van der Waals surface area (Å²) in [4.78, 5) is 0.669. The van der Waals surface area contributed by atoms with E-state index in [2.05, 4.69) is 0 Å². The Balaban J connectivity index is 0.000000640. The lowest BCUT2D eigenvalue weighted by molar-refractivity contribution is 1.52. The van der Waals surface area contributed by atoms with E-state index in [0.717, 1.165) is 0 Å². The highest BCUT2D eigenvalue weighted by molar-refractivity contribution is 7.11. The average molecular weight is 161 g/mol. The third-order valence-electron chi connectivity index (χ3n) is 0.730. The van der Waals surface area contributed by atoms with Crippen molar-refractivity contribution in [1.29, 1.82) is 5.26 Å². The van der Waals surface area contributed by atoms with Crippen LogP contribution in [0.15, 0.2) is 11.4 Å². The maximum atomic E-state index is 8.26. The molecule has 9 heavy (non-hydrogen) atoms. The second kappa shape index (κ2) is 3.33. The van der Waals surface area contributed by atoms with Crippen LogP contribution in [0.3, 0.4) is 0 Å². The minimum absolute atomic E-state index is 0. The van der Waals surface area contributed by atoms with Gasteiger partial charge in [-0.25, -0.2) is 0 Å². The fourth-order valence-corrected chi connectivity index (χ4v) is 0.997. The molecule has 1 heterocycles. The van der Waals surface area contributed by atoms with E-state index in [0.29, 0.717) is 10.6 Å². The molecule has 0 aliphatic heterocycles. The van der Waals surface area contributed by atoms with Crippen molar-refractivity contribution >= 4 is 29.4 Å². The van der Waals surface area contributed by atoms with E-state index in [-0.39, 0.29) is 12.4 Å². The summed E-state index contributed by atoms with van der Waals surface area (Å²) >= 11 is 1.36. The van der Waals surface area contributed by atoms with Gasteiger partial charge in [0.25, 0.3) is 0 Å². The zero-order chi connectivity index (χ0) is 5.98. The number of nitrogens with zero attached hydrogens (tertiary/aromatic N) is 1. The smallest absolute Gasteiger partial charge is 0.110 e. The van der Waals surface area contributed by atoms with E-state index < -0.39 is 0 Å². The Hall–Kier alpha value is -0.720.